The first-order chi connectivity index (χ1) is 9.47. The molecule has 0 spiro atoms. The zero-order valence-electron chi connectivity index (χ0n) is 12.7. The second kappa shape index (κ2) is 5.96. The lowest BCUT2D eigenvalue weighted by molar-refractivity contribution is -0.151. The second-order valence-corrected chi connectivity index (χ2v) is 6.58. The molecule has 1 N–H and O–H groups in total. The van der Waals surface area contributed by atoms with Crippen LogP contribution in [0.2, 0.25) is 0 Å². The van der Waals surface area contributed by atoms with Gasteiger partial charge in [-0.25, -0.2) is 0 Å². The Hall–Kier alpha value is -1.35. The van der Waals surface area contributed by atoms with Crippen molar-refractivity contribution >= 4 is 5.97 Å². The molecule has 0 atom stereocenters. The number of methoxy groups -OCH3 is 1. The van der Waals surface area contributed by atoms with Crippen molar-refractivity contribution in [3.8, 4) is 0 Å². The summed E-state index contributed by atoms with van der Waals surface area (Å²) in [6.45, 7) is 5.24. The van der Waals surface area contributed by atoms with E-state index in [-0.39, 0.29) is 5.97 Å². The summed E-state index contributed by atoms with van der Waals surface area (Å²) in [4.78, 5) is 12.2. The van der Waals surface area contributed by atoms with Gasteiger partial charge in [0.2, 0.25) is 0 Å². The van der Waals surface area contributed by atoms with Crippen LogP contribution in [0.3, 0.4) is 0 Å². The van der Waals surface area contributed by atoms with Crippen LogP contribution < -0.4 is 5.32 Å². The van der Waals surface area contributed by atoms with Crippen molar-refractivity contribution < 1.29 is 9.53 Å². The van der Waals surface area contributed by atoms with E-state index in [1.165, 1.54) is 12.7 Å². The highest BCUT2D eigenvalue weighted by Crippen LogP contribution is 2.40. The zero-order chi connectivity index (χ0) is 14.6. The van der Waals surface area contributed by atoms with E-state index in [9.17, 15) is 4.79 Å². The molecule has 0 bridgehead atoms. The fourth-order valence-corrected chi connectivity index (χ4v) is 2.87. The lowest BCUT2D eigenvalue weighted by atomic mass is 9.69. The number of ether oxygens (including phenoxy) is 1. The molecule has 110 valence electrons. The quantitative estimate of drug-likeness (QED) is 0.857. The normalized spacial score (nSPS) is 20.4. The largest absolute Gasteiger partial charge is 0.468 e. The lowest BCUT2D eigenvalue weighted by Gasteiger charge is -2.42. The molecule has 0 saturated heterocycles. The highest BCUT2D eigenvalue weighted by Gasteiger charge is 2.44. The monoisotopic (exact) mass is 275 g/mol. The maximum absolute atomic E-state index is 12.2. The Labute approximate surface area is 121 Å². The molecule has 0 aromatic heterocycles. The number of hydrogen-bond donors (Lipinski definition) is 1. The smallest absolute Gasteiger partial charge is 0.326 e. The Morgan fingerprint density at radius 3 is 2.30 bits per heavy atom. The average molecular weight is 275 g/mol. The Balaban J connectivity index is 2.07. The lowest BCUT2D eigenvalue weighted by Crippen LogP contribution is -2.55. The minimum absolute atomic E-state index is 0.121. The summed E-state index contributed by atoms with van der Waals surface area (Å²) in [5, 5.41) is 3.47. The minimum Gasteiger partial charge on any atom is -0.468 e. The standard InChI is InChI=1S/C17H25NO2/c1-16(2)9-11-17(12-10-16,15(19)20-3)18-13-14-7-5-4-6-8-14/h4-8,18H,9-13H2,1-3H3. The molecule has 3 nitrogen and oxygen atoms in total. The maximum atomic E-state index is 12.2. The molecule has 0 heterocycles. The molecular formula is C17H25NO2. The summed E-state index contributed by atoms with van der Waals surface area (Å²) in [7, 11) is 1.48. The van der Waals surface area contributed by atoms with Gasteiger partial charge in [-0.05, 0) is 36.7 Å². The van der Waals surface area contributed by atoms with Crippen LogP contribution in [-0.2, 0) is 16.1 Å². The molecule has 0 aliphatic heterocycles. The molecule has 0 unspecified atom stereocenters. The second-order valence-electron chi connectivity index (χ2n) is 6.58. The van der Waals surface area contributed by atoms with Gasteiger partial charge in [-0.15, -0.1) is 0 Å². The molecule has 1 aromatic carbocycles. The first-order valence-corrected chi connectivity index (χ1v) is 7.35. The van der Waals surface area contributed by atoms with E-state index in [2.05, 4.69) is 31.3 Å². The van der Waals surface area contributed by atoms with Gasteiger partial charge in [0.25, 0.3) is 0 Å². The van der Waals surface area contributed by atoms with Crippen molar-refractivity contribution in [3.05, 3.63) is 35.9 Å². The SMILES string of the molecule is COC(=O)C1(NCc2ccccc2)CCC(C)(C)CC1. The van der Waals surface area contributed by atoms with Gasteiger partial charge in [0.05, 0.1) is 7.11 Å². The van der Waals surface area contributed by atoms with Crippen LogP contribution in [0, 0.1) is 5.41 Å². The van der Waals surface area contributed by atoms with E-state index >= 15 is 0 Å². The van der Waals surface area contributed by atoms with Gasteiger partial charge < -0.3 is 4.74 Å². The van der Waals surface area contributed by atoms with E-state index in [0.717, 1.165) is 25.7 Å². The van der Waals surface area contributed by atoms with E-state index in [0.29, 0.717) is 12.0 Å². The molecule has 1 saturated carbocycles. The molecule has 3 heteroatoms. The number of esters is 1. The fourth-order valence-electron chi connectivity index (χ4n) is 2.87. The Bertz CT molecular complexity index is 443. The topological polar surface area (TPSA) is 38.3 Å². The molecule has 1 aromatic rings. The third kappa shape index (κ3) is 3.40. The summed E-state index contributed by atoms with van der Waals surface area (Å²) in [5.74, 6) is -0.121. The average Bonchev–Trinajstić information content (AvgIpc) is 2.47. The number of nitrogens with one attached hydrogen (secondary N) is 1. The number of carbonyl (C=O) groups is 1. The van der Waals surface area contributed by atoms with E-state index in [4.69, 9.17) is 4.74 Å². The first-order valence-electron chi connectivity index (χ1n) is 7.35. The van der Waals surface area contributed by atoms with Crippen molar-refractivity contribution in [1.29, 1.82) is 0 Å². The van der Waals surface area contributed by atoms with Crippen molar-refractivity contribution in [2.24, 2.45) is 5.41 Å². The van der Waals surface area contributed by atoms with Crippen LogP contribution in [-0.4, -0.2) is 18.6 Å². The number of benzene rings is 1. The Morgan fingerprint density at radius 2 is 1.75 bits per heavy atom. The Kier molecular flexibility index (Phi) is 4.48. The summed E-state index contributed by atoms with van der Waals surface area (Å²) in [6.07, 6.45) is 3.78. The van der Waals surface area contributed by atoms with Crippen molar-refractivity contribution in [2.45, 2.75) is 51.6 Å². The van der Waals surface area contributed by atoms with Gasteiger partial charge in [0, 0.05) is 6.54 Å². The van der Waals surface area contributed by atoms with E-state index in [1.54, 1.807) is 0 Å². The van der Waals surface area contributed by atoms with Crippen LogP contribution in [0.1, 0.15) is 45.1 Å². The Morgan fingerprint density at radius 1 is 1.15 bits per heavy atom. The van der Waals surface area contributed by atoms with Gasteiger partial charge in [0.1, 0.15) is 5.54 Å². The van der Waals surface area contributed by atoms with Gasteiger partial charge >= 0.3 is 5.97 Å². The molecule has 0 amide bonds. The predicted molar refractivity (Wildman–Crippen MR) is 80.3 cm³/mol. The van der Waals surface area contributed by atoms with Crippen LogP contribution >= 0.6 is 0 Å². The molecule has 0 radical (unpaired) electrons. The van der Waals surface area contributed by atoms with Crippen LogP contribution in [0.5, 0.6) is 0 Å². The number of rotatable bonds is 4. The van der Waals surface area contributed by atoms with Crippen molar-refractivity contribution in [3.63, 3.8) is 0 Å². The summed E-state index contributed by atoms with van der Waals surface area (Å²) in [6, 6.07) is 10.2. The van der Waals surface area contributed by atoms with Gasteiger partial charge in [-0.1, -0.05) is 44.2 Å². The maximum Gasteiger partial charge on any atom is 0.326 e. The number of hydrogen-bond acceptors (Lipinski definition) is 3. The first kappa shape index (κ1) is 15.0. The number of carbonyl (C=O) groups excluding carboxylic acids is 1. The third-order valence-corrected chi connectivity index (χ3v) is 4.51. The van der Waals surface area contributed by atoms with Crippen LogP contribution in [0.4, 0.5) is 0 Å². The van der Waals surface area contributed by atoms with Crippen LogP contribution in [0.25, 0.3) is 0 Å². The molecule has 1 aliphatic carbocycles. The highest BCUT2D eigenvalue weighted by atomic mass is 16.5. The van der Waals surface area contributed by atoms with Crippen LogP contribution in [0.15, 0.2) is 30.3 Å². The van der Waals surface area contributed by atoms with Gasteiger partial charge in [-0.3, -0.25) is 10.1 Å². The predicted octanol–water partition coefficient (Wildman–Crippen LogP) is 3.29. The summed E-state index contributed by atoms with van der Waals surface area (Å²) in [5.41, 5.74) is 1.01. The minimum atomic E-state index is -0.514. The molecule has 2 rings (SSSR count). The van der Waals surface area contributed by atoms with Crippen molar-refractivity contribution in [2.75, 3.05) is 7.11 Å². The van der Waals surface area contributed by atoms with Crippen molar-refractivity contribution in [1.82, 2.24) is 5.32 Å². The van der Waals surface area contributed by atoms with E-state index in [1.807, 2.05) is 18.2 Å². The molecule has 20 heavy (non-hydrogen) atoms. The molecule has 1 aliphatic rings. The third-order valence-electron chi connectivity index (χ3n) is 4.51. The van der Waals surface area contributed by atoms with Gasteiger partial charge in [0.15, 0.2) is 0 Å². The van der Waals surface area contributed by atoms with E-state index < -0.39 is 5.54 Å². The zero-order valence-corrected chi connectivity index (χ0v) is 12.7. The molecule has 1 fully saturated rings. The summed E-state index contributed by atoms with van der Waals surface area (Å²) >= 11 is 0. The summed E-state index contributed by atoms with van der Waals surface area (Å²) < 4.78 is 5.05. The highest BCUT2D eigenvalue weighted by molar-refractivity contribution is 5.81. The molecular weight excluding hydrogens is 250 g/mol. The fraction of sp³-hybridized carbons (Fsp3) is 0.588. The van der Waals surface area contributed by atoms with Gasteiger partial charge in [-0.2, -0.15) is 0 Å².